The fourth-order valence-electron chi connectivity index (χ4n) is 9.96. The van der Waals surface area contributed by atoms with E-state index in [2.05, 4.69) is 66.6 Å². The molecule has 0 saturated heterocycles. The maximum absolute atomic E-state index is 14.0. The molecule has 0 aromatic carbocycles. The molecule has 3 fully saturated rings. The first-order valence-corrected chi connectivity index (χ1v) is 15.2. The first-order valence-electron chi connectivity index (χ1n) is 15.2. The van der Waals surface area contributed by atoms with Crippen molar-refractivity contribution in [1.82, 2.24) is 4.90 Å². The lowest BCUT2D eigenvalue weighted by atomic mass is 9.48. The number of ether oxygens (including phenoxy) is 1. The van der Waals surface area contributed by atoms with Gasteiger partial charge < -0.3 is 14.7 Å². The molecule has 37 heavy (non-hydrogen) atoms. The number of aliphatic hydroxyl groups excluding tert-OH is 1. The zero-order valence-electron chi connectivity index (χ0n) is 24.7. The number of carbonyl (C=O) groups excluding carboxylic acids is 1. The van der Waals surface area contributed by atoms with Gasteiger partial charge in [-0.1, -0.05) is 46.3 Å². The number of hydrogen-bond donors (Lipinski definition) is 1. The SMILES string of the molecule is CCC(CC)C1=NC2CC=C3CC4C(=O)C[C@]5(C)[C@@H]([C@H](C)N(C)C)[C@H](O)C[C@@]5(C)C4CCC3[C@]2(C)CO1. The van der Waals surface area contributed by atoms with E-state index in [4.69, 9.17) is 9.73 Å². The Balaban J connectivity index is 1.46. The van der Waals surface area contributed by atoms with Gasteiger partial charge in [0, 0.05) is 35.6 Å². The van der Waals surface area contributed by atoms with Crippen LogP contribution in [0.5, 0.6) is 0 Å². The van der Waals surface area contributed by atoms with Gasteiger partial charge in [-0.3, -0.25) is 9.79 Å². The highest BCUT2D eigenvalue weighted by atomic mass is 16.5. The molecule has 4 unspecified atom stereocenters. The molecule has 5 nitrogen and oxygen atoms in total. The van der Waals surface area contributed by atoms with Crippen LogP contribution in [0.15, 0.2) is 16.6 Å². The molecule has 208 valence electrons. The van der Waals surface area contributed by atoms with Crippen LogP contribution < -0.4 is 0 Å². The van der Waals surface area contributed by atoms with Gasteiger partial charge in [-0.15, -0.1) is 0 Å². The summed E-state index contributed by atoms with van der Waals surface area (Å²) >= 11 is 0. The smallest absolute Gasteiger partial charge is 0.186 e. The van der Waals surface area contributed by atoms with Gasteiger partial charge in [0.2, 0.25) is 0 Å². The summed E-state index contributed by atoms with van der Waals surface area (Å²) in [6, 6.07) is 0.518. The van der Waals surface area contributed by atoms with Gasteiger partial charge >= 0.3 is 0 Å². The van der Waals surface area contributed by atoms with E-state index < -0.39 is 0 Å². The van der Waals surface area contributed by atoms with Crippen molar-refractivity contribution >= 4 is 11.7 Å². The van der Waals surface area contributed by atoms with Crippen LogP contribution in [0, 0.1) is 45.8 Å². The molecular formula is C32H52N2O3. The molecule has 5 aliphatic rings. The van der Waals surface area contributed by atoms with E-state index in [-0.39, 0.29) is 46.3 Å². The normalized spacial score (nSPS) is 46.2. The molecule has 1 aliphatic heterocycles. The monoisotopic (exact) mass is 512 g/mol. The van der Waals surface area contributed by atoms with Crippen molar-refractivity contribution in [2.24, 2.45) is 50.8 Å². The Hall–Kier alpha value is -1.20. The molecule has 1 heterocycles. The molecule has 5 heteroatoms. The quantitative estimate of drug-likeness (QED) is 0.466. The second-order valence-corrected chi connectivity index (χ2v) is 14.3. The zero-order valence-corrected chi connectivity index (χ0v) is 24.7. The highest BCUT2D eigenvalue weighted by Gasteiger charge is 2.68. The lowest BCUT2D eigenvalue weighted by Gasteiger charge is -2.56. The van der Waals surface area contributed by atoms with Crippen LogP contribution >= 0.6 is 0 Å². The minimum absolute atomic E-state index is 0.00245. The average molecular weight is 513 g/mol. The van der Waals surface area contributed by atoms with Crippen LogP contribution in [0.2, 0.25) is 0 Å². The number of Topliss-reactive ketones (excluding diaryl/α,β-unsaturated/α-hetero) is 1. The fourth-order valence-corrected chi connectivity index (χ4v) is 9.96. The summed E-state index contributed by atoms with van der Waals surface area (Å²) in [5, 5.41) is 11.4. The maximum Gasteiger partial charge on any atom is 0.186 e. The molecule has 1 N–H and O–H groups in total. The Morgan fingerprint density at radius 2 is 1.86 bits per heavy atom. The first kappa shape index (κ1) is 27.4. The molecule has 0 aromatic rings. The van der Waals surface area contributed by atoms with Crippen molar-refractivity contribution in [1.29, 1.82) is 0 Å². The van der Waals surface area contributed by atoms with Crippen LogP contribution in [0.25, 0.3) is 0 Å². The summed E-state index contributed by atoms with van der Waals surface area (Å²) in [4.78, 5) is 21.4. The van der Waals surface area contributed by atoms with E-state index >= 15 is 0 Å². The molecular weight excluding hydrogens is 460 g/mol. The number of carbonyl (C=O) groups is 1. The van der Waals surface area contributed by atoms with Crippen molar-refractivity contribution < 1.29 is 14.6 Å². The number of rotatable bonds is 5. The minimum atomic E-state index is -0.352. The van der Waals surface area contributed by atoms with Crippen molar-refractivity contribution in [3.05, 3.63) is 11.6 Å². The van der Waals surface area contributed by atoms with Crippen LogP contribution in [-0.4, -0.2) is 60.6 Å². The van der Waals surface area contributed by atoms with Crippen molar-refractivity contribution in [2.75, 3.05) is 20.7 Å². The summed E-state index contributed by atoms with van der Waals surface area (Å²) in [7, 11) is 4.21. The number of aliphatic imine (C=N–C) groups is 1. The number of allylic oxidation sites excluding steroid dienone is 1. The molecule has 5 rings (SSSR count). The summed E-state index contributed by atoms with van der Waals surface area (Å²) < 4.78 is 6.42. The van der Waals surface area contributed by atoms with Gasteiger partial charge in [0.1, 0.15) is 5.78 Å². The Labute approximate surface area is 225 Å². The van der Waals surface area contributed by atoms with Gasteiger partial charge in [0.25, 0.3) is 0 Å². The van der Waals surface area contributed by atoms with Crippen molar-refractivity contribution in [2.45, 2.75) is 111 Å². The third-order valence-corrected chi connectivity index (χ3v) is 12.7. The lowest BCUT2D eigenvalue weighted by molar-refractivity contribution is -0.147. The Kier molecular flexibility index (Phi) is 7.00. The predicted molar refractivity (Wildman–Crippen MR) is 149 cm³/mol. The Bertz CT molecular complexity index is 969. The highest BCUT2D eigenvalue weighted by Crippen LogP contribution is 2.69. The van der Waals surface area contributed by atoms with Crippen LogP contribution in [0.1, 0.15) is 92.9 Å². The third-order valence-electron chi connectivity index (χ3n) is 12.7. The van der Waals surface area contributed by atoms with E-state index in [1.54, 1.807) is 0 Å². The molecule has 0 amide bonds. The number of ketones is 1. The molecule has 0 aromatic heterocycles. The molecule has 3 saturated carbocycles. The molecule has 4 aliphatic carbocycles. The van der Waals surface area contributed by atoms with Gasteiger partial charge in [0.15, 0.2) is 5.90 Å². The molecule has 0 bridgehead atoms. The Morgan fingerprint density at radius 3 is 2.51 bits per heavy atom. The van der Waals surface area contributed by atoms with E-state index in [0.29, 0.717) is 30.0 Å². The zero-order chi connectivity index (χ0) is 26.9. The van der Waals surface area contributed by atoms with E-state index in [9.17, 15) is 9.90 Å². The first-order chi connectivity index (χ1) is 17.4. The lowest BCUT2D eigenvalue weighted by Crippen LogP contribution is -2.55. The molecule has 0 radical (unpaired) electrons. The van der Waals surface area contributed by atoms with Gasteiger partial charge in [0.05, 0.1) is 18.8 Å². The standard InChI is InChI=1S/C32H52N2O3/c1-9-20(10-2)29-33-27-14-11-21-15-22-24(13-12-23(21)30(27,4)18-37-29)31(5)17-26(36)28(19(3)34(7)8)32(31,6)16-25(22)35/h11,19-20,22-24,26-28,36H,9-10,12-18H2,1-8H3/t19-,22?,23?,24?,26+,27?,28-,30-,31-,32+/m0/s1. The topological polar surface area (TPSA) is 62.1 Å². The van der Waals surface area contributed by atoms with Gasteiger partial charge in [-0.2, -0.15) is 0 Å². The number of fused-ring (bicyclic) bond motifs is 6. The number of aliphatic hydroxyl groups is 1. The average Bonchev–Trinajstić information content (AvgIpc) is 2.96. The second kappa shape index (κ2) is 9.47. The molecule has 10 atom stereocenters. The summed E-state index contributed by atoms with van der Waals surface area (Å²) in [5.41, 5.74) is 1.29. The Morgan fingerprint density at radius 1 is 1.16 bits per heavy atom. The third kappa shape index (κ3) is 3.91. The van der Waals surface area contributed by atoms with Crippen LogP contribution in [-0.2, 0) is 9.53 Å². The van der Waals surface area contributed by atoms with Crippen molar-refractivity contribution in [3.8, 4) is 0 Å². The van der Waals surface area contributed by atoms with E-state index in [1.165, 1.54) is 5.57 Å². The summed E-state index contributed by atoms with van der Waals surface area (Å²) in [6.45, 7) is 14.6. The van der Waals surface area contributed by atoms with Gasteiger partial charge in [-0.05, 0) is 88.6 Å². The number of hydrogen-bond acceptors (Lipinski definition) is 5. The molecule has 0 spiro atoms. The van der Waals surface area contributed by atoms with E-state index in [0.717, 1.165) is 57.5 Å². The van der Waals surface area contributed by atoms with Crippen molar-refractivity contribution in [3.63, 3.8) is 0 Å². The highest BCUT2D eigenvalue weighted by molar-refractivity contribution is 5.84. The van der Waals surface area contributed by atoms with Crippen LogP contribution in [0.4, 0.5) is 0 Å². The minimum Gasteiger partial charge on any atom is -0.480 e. The summed E-state index contributed by atoms with van der Waals surface area (Å²) in [5.74, 6) is 2.80. The van der Waals surface area contributed by atoms with Gasteiger partial charge in [-0.25, -0.2) is 0 Å². The second-order valence-electron chi connectivity index (χ2n) is 14.3. The fraction of sp³-hybridized carbons (Fsp3) is 0.875. The maximum atomic E-state index is 14.0. The van der Waals surface area contributed by atoms with Crippen LogP contribution in [0.3, 0.4) is 0 Å². The largest absolute Gasteiger partial charge is 0.480 e. The predicted octanol–water partition coefficient (Wildman–Crippen LogP) is 5.91. The van der Waals surface area contributed by atoms with E-state index in [1.807, 2.05) is 0 Å². The summed E-state index contributed by atoms with van der Waals surface area (Å²) in [6.07, 6.45) is 9.71. The number of nitrogens with zero attached hydrogens (tertiary/aromatic N) is 2.